The van der Waals surface area contributed by atoms with Crippen LogP contribution in [0.25, 0.3) is 0 Å². The molecule has 0 bridgehead atoms. The minimum atomic E-state index is -1.36. The molecule has 0 aliphatic carbocycles. The third-order valence-electron chi connectivity index (χ3n) is 2.54. The van der Waals surface area contributed by atoms with Gasteiger partial charge in [-0.2, -0.15) is 0 Å². The molecule has 0 radical (unpaired) electrons. The topological polar surface area (TPSA) is 55.1 Å². The van der Waals surface area contributed by atoms with Crippen molar-refractivity contribution >= 4 is 17.3 Å². The van der Waals surface area contributed by atoms with Crippen LogP contribution >= 0.6 is 0 Å². The van der Waals surface area contributed by atoms with Crippen LogP contribution < -0.4 is 11.1 Å². The number of halogens is 4. The molecule has 0 saturated heterocycles. The normalized spacial score (nSPS) is 10.4. The number of nitrogen functional groups attached to an aromatic ring is 1. The van der Waals surface area contributed by atoms with Crippen molar-refractivity contribution in [3.63, 3.8) is 0 Å². The monoisotopic (exact) mass is 284 g/mol. The zero-order valence-electron chi connectivity index (χ0n) is 9.88. The van der Waals surface area contributed by atoms with Gasteiger partial charge in [-0.3, -0.25) is 4.79 Å². The minimum Gasteiger partial charge on any atom is -0.397 e. The maximum absolute atomic E-state index is 13.5. The maximum atomic E-state index is 13.5. The van der Waals surface area contributed by atoms with Crippen LogP contribution in [0.4, 0.5) is 28.9 Å². The molecule has 0 atom stereocenters. The standard InChI is InChI=1S/C13H8F4N2O/c14-6-1-2-7(9(16)5-6)13(20)19-12-10(18)4-3-8(15)11(12)17/h1-5H,18H2,(H,19,20). The van der Waals surface area contributed by atoms with Gasteiger partial charge in [-0.15, -0.1) is 0 Å². The van der Waals surface area contributed by atoms with E-state index in [4.69, 9.17) is 5.73 Å². The average molecular weight is 284 g/mol. The Morgan fingerprint density at radius 1 is 1.00 bits per heavy atom. The van der Waals surface area contributed by atoms with Crippen LogP contribution in [0, 0.1) is 23.3 Å². The van der Waals surface area contributed by atoms with Crippen molar-refractivity contribution in [2.24, 2.45) is 0 Å². The van der Waals surface area contributed by atoms with Crippen LogP contribution in [0.5, 0.6) is 0 Å². The molecule has 0 aliphatic heterocycles. The van der Waals surface area contributed by atoms with Crippen LogP contribution in [-0.4, -0.2) is 5.91 Å². The lowest BCUT2D eigenvalue weighted by molar-refractivity contribution is 0.102. The molecular formula is C13H8F4N2O. The Labute approximate surface area is 111 Å². The van der Waals surface area contributed by atoms with Crippen LogP contribution in [0.2, 0.25) is 0 Å². The Kier molecular flexibility index (Phi) is 3.60. The van der Waals surface area contributed by atoms with Gasteiger partial charge in [-0.1, -0.05) is 0 Å². The van der Waals surface area contributed by atoms with Gasteiger partial charge in [-0.05, 0) is 24.3 Å². The number of nitrogens with two attached hydrogens (primary N) is 1. The van der Waals surface area contributed by atoms with E-state index < -0.39 is 40.4 Å². The van der Waals surface area contributed by atoms with Crippen LogP contribution in [0.1, 0.15) is 10.4 Å². The number of amides is 1. The predicted molar refractivity (Wildman–Crippen MR) is 65.1 cm³/mol. The molecule has 0 aromatic heterocycles. The Hall–Kier alpha value is -2.57. The van der Waals surface area contributed by atoms with Gasteiger partial charge in [0.1, 0.15) is 17.3 Å². The van der Waals surface area contributed by atoms with Gasteiger partial charge in [0.15, 0.2) is 11.6 Å². The zero-order chi connectivity index (χ0) is 14.9. The summed E-state index contributed by atoms with van der Waals surface area (Å²) in [6.07, 6.45) is 0. The zero-order valence-corrected chi connectivity index (χ0v) is 9.88. The summed E-state index contributed by atoms with van der Waals surface area (Å²) in [5.74, 6) is -5.64. The van der Waals surface area contributed by atoms with Crippen molar-refractivity contribution in [3.8, 4) is 0 Å². The predicted octanol–water partition coefficient (Wildman–Crippen LogP) is 3.08. The number of carbonyl (C=O) groups is 1. The Morgan fingerprint density at radius 3 is 2.35 bits per heavy atom. The van der Waals surface area contributed by atoms with E-state index in [1.54, 1.807) is 0 Å². The maximum Gasteiger partial charge on any atom is 0.258 e. The number of nitrogens with one attached hydrogen (secondary N) is 1. The quantitative estimate of drug-likeness (QED) is 0.657. The molecule has 0 aliphatic rings. The van der Waals surface area contributed by atoms with E-state index in [2.05, 4.69) is 0 Å². The first-order valence-electron chi connectivity index (χ1n) is 5.40. The second-order valence-electron chi connectivity index (χ2n) is 3.90. The smallest absolute Gasteiger partial charge is 0.258 e. The fraction of sp³-hybridized carbons (Fsp3) is 0. The fourth-order valence-electron chi connectivity index (χ4n) is 1.55. The summed E-state index contributed by atoms with van der Waals surface area (Å²) in [5, 5.41) is 1.95. The van der Waals surface area contributed by atoms with E-state index >= 15 is 0 Å². The highest BCUT2D eigenvalue weighted by molar-refractivity contribution is 6.06. The summed E-state index contributed by atoms with van der Waals surface area (Å²) in [5.41, 5.74) is 4.06. The van der Waals surface area contributed by atoms with E-state index in [0.717, 1.165) is 24.3 Å². The van der Waals surface area contributed by atoms with E-state index in [0.29, 0.717) is 6.07 Å². The molecule has 1 amide bonds. The summed E-state index contributed by atoms with van der Waals surface area (Å²) in [4.78, 5) is 11.7. The molecule has 2 rings (SSSR count). The minimum absolute atomic E-state index is 0.222. The molecule has 0 unspecified atom stereocenters. The molecule has 0 saturated carbocycles. The van der Waals surface area contributed by atoms with E-state index in [1.165, 1.54) is 0 Å². The lowest BCUT2D eigenvalue weighted by atomic mass is 10.1. The van der Waals surface area contributed by atoms with Crippen LogP contribution in [0.15, 0.2) is 30.3 Å². The molecule has 104 valence electrons. The first-order chi connectivity index (χ1) is 9.40. The second-order valence-corrected chi connectivity index (χ2v) is 3.90. The third kappa shape index (κ3) is 2.56. The van der Waals surface area contributed by atoms with Crippen molar-refractivity contribution < 1.29 is 22.4 Å². The van der Waals surface area contributed by atoms with Gasteiger partial charge >= 0.3 is 0 Å². The number of carbonyl (C=O) groups excluding carboxylic acids is 1. The Bertz CT molecular complexity index is 688. The van der Waals surface area contributed by atoms with Gasteiger partial charge < -0.3 is 11.1 Å². The Morgan fingerprint density at radius 2 is 1.70 bits per heavy atom. The van der Waals surface area contributed by atoms with Crippen molar-refractivity contribution in [2.75, 3.05) is 11.1 Å². The highest BCUT2D eigenvalue weighted by Crippen LogP contribution is 2.25. The first kappa shape index (κ1) is 13.9. The number of benzene rings is 2. The fourth-order valence-corrected chi connectivity index (χ4v) is 1.55. The van der Waals surface area contributed by atoms with Crippen molar-refractivity contribution in [2.45, 2.75) is 0 Å². The van der Waals surface area contributed by atoms with Gasteiger partial charge in [-0.25, -0.2) is 17.6 Å². The molecular weight excluding hydrogens is 276 g/mol. The Balaban J connectivity index is 2.35. The van der Waals surface area contributed by atoms with E-state index in [9.17, 15) is 22.4 Å². The molecule has 3 nitrogen and oxygen atoms in total. The summed E-state index contributed by atoms with van der Waals surface area (Å²) in [6, 6.07) is 4.09. The lowest BCUT2D eigenvalue weighted by Crippen LogP contribution is -2.16. The molecule has 3 N–H and O–H groups in total. The largest absolute Gasteiger partial charge is 0.397 e. The third-order valence-corrected chi connectivity index (χ3v) is 2.54. The highest BCUT2D eigenvalue weighted by atomic mass is 19.2. The highest BCUT2D eigenvalue weighted by Gasteiger charge is 2.18. The van der Waals surface area contributed by atoms with Crippen molar-refractivity contribution in [3.05, 3.63) is 59.2 Å². The number of hydrogen-bond donors (Lipinski definition) is 2. The summed E-state index contributed by atoms with van der Waals surface area (Å²) in [7, 11) is 0. The second kappa shape index (κ2) is 5.20. The number of hydrogen-bond acceptors (Lipinski definition) is 2. The summed E-state index contributed by atoms with van der Waals surface area (Å²) >= 11 is 0. The molecule has 0 spiro atoms. The van der Waals surface area contributed by atoms with E-state index in [-0.39, 0.29) is 5.69 Å². The molecule has 0 fully saturated rings. The van der Waals surface area contributed by atoms with Crippen molar-refractivity contribution in [1.82, 2.24) is 0 Å². The average Bonchev–Trinajstić information content (AvgIpc) is 2.39. The molecule has 0 heterocycles. The molecule has 20 heavy (non-hydrogen) atoms. The number of anilines is 2. The van der Waals surface area contributed by atoms with Gasteiger partial charge in [0.2, 0.25) is 0 Å². The molecule has 7 heteroatoms. The number of rotatable bonds is 2. The molecule has 2 aromatic carbocycles. The lowest BCUT2D eigenvalue weighted by Gasteiger charge is -2.10. The van der Waals surface area contributed by atoms with Gasteiger partial charge in [0.25, 0.3) is 5.91 Å². The van der Waals surface area contributed by atoms with E-state index in [1.807, 2.05) is 5.32 Å². The summed E-state index contributed by atoms with van der Waals surface area (Å²) < 4.78 is 52.6. The SMILES string of the molecule is Nc1ccc(F)c(F)c1NC(=O)c1ccc(F)cc1F. The van der Waals surface area contributed by atoms with Crippen molar-refractivity contribution in [1.29, 1.82) is 0 Å². The van der Waals surface area contributed by atoms with Gasteiger partial charge in [0.05, 0.1) is 11.3 Å². The van der Waals surface area contributed by atoms with Gasteiger partial charge in [0, 0.05) is 6.07 Å². The van der Waals surface area contributed by atoms with Crippen LogP contribution in [0.3, 0.4) is 0 Å². The first-order valence-corrected chi connectivity index (χ1v) is 5.40. The summed E-state index contributed by atoms with van der Waals surface area (Å²) in [6.45, 7) is 0. The molecule has 2 aromatic rings. The van der Waals surface area contributed by atoms with Crippen LogP contribution in [-0.2, 0) is 0 Å².